The van der Waals surface area contributed by atoms with Crippen molar-refractivity contribution in [3.63, 3.8) is 0 Å². The average Bonchev–Trinajstić information content (AvgIpc) is 3.00. The van der Waals surface area contributed by atoms with E-state index < -0.39 is 5.82 Å². The Balaban J connectivity index is 1.27. The summed E-state index contributed by atoms with van der Waals surface area (Å²) in [5, 5.41) is 3.31. The number of hydrogen-bond acceptors (Lipinski definition) is 4. The van der Waals surface area contributed by atoms with Crippen molar-refractivity contribution in [2.45, 2.75) is 90.4 Å². The van der Waals surface area contributed by atoms with Crippen LogP contribution >= 0.6 is 0 Å². The maximum atomic E-state index is 16.0. The molecule has 2 fully saturated rings. The molecule has 0 amide bonds. The van der Waals surface area contributed by atoms with Gasteiger partial charge >= 0.3 is 0 Å². The SMILES string of the molecule is CCC1C=CNc2c(C(=O)C3CC(CCCOC)C3)c(F)cc(-c3ccc4c(c3)N=CC(C(C)C3CCCCC3)C4)c21. The predicted octanol–water partition coefficient (Wildman–Crippen LogP) is 9.65. The van der Waals surface area contributed by atoms with Crippen LogP contribution in [-0.4, -0.2) is 25.7 Å². The number of halogens is 1. The molecule has 2 aromatic carbocycles. The first-order chi connectivity index (χ1) is 20.5. The molecule has 2 aliphatic heterocycles. The lowest BCUT2D eigenvalue weighted by Gasteiger charge is -2.35. The molecule has 5 heteroatoms. The topological polar surface area (TPSA) is 50.7 Å². The van der Waals surface area contributed by atoms with Crippen LogP contribution in [0.25, 0.3) is 11.1 Å². The fraction of sp³-hybridized carbons (Fsp3) is 0.568. The number of allylic oxidation sites excluding steroid dienone is 1. The third-order valence-electron chi connectivity index (χ3n) is 10.8. The lowest BCUT2D eigenvalue weighted by Crippen LogP contribution is -2.32. The second kappa shape index (κ2) is 12.8. The van der Waals surface area contributed by atoms with E-state index in [2.05, 4.69) is 49.7 Å². The summed E-state index contributed by atoms with van der Waals surface area (Å²) in [6.45, 7) is 5.32. The molecule has 6 rings (SSSR count). The molecule has 2 aromatic rings. The third kappa shape index (κ3) is 5.74. The average molecular weight is 571 g/mol. The third-order valence-corrected chi connectivity index (χ3v) is 10.8. The van der Waals surface area contributed by atoms with Gasteiger partial charge in [0, 0.05) is 37.7 Å². The lowest BCUT2D eigenvalue weighted by molar-refractivity contribution is 0.0746. The number of aliphatic imine (C=N–C) groups is 1. The van der Waals surface area contributed by atoms with Crippen LogP contribution in [0.5, 0.6) is 0 Å². The van der Waals surface area contributed by atoms with Crippen LogP contribution in [0.1, 0.15) is 105 Å². The Hall–Kier alpha value is -2.79. The monoisotopic (exact) mass is 570 g/mol. The van der Waals surface area contributed by atoms with E-state index in [1.54, 1.807) is 13.2 Å². The molecular formula is C37H47FN2O2. The van der Waals surface area contributed by atoms with Gasteiger partial charge in [-0.05, 0) is 96.9 Å². The molecule has 4 aliphatic rings. The number of anilines is 1. The van der Waals surface area contributed by atoms with Crippen molar-refractivity contribution in [2.75, 3.05) is 19.0 Å². The van der Waals surface area contributed by atoms with E-state index in [0.717, 1.165) is 73.4 Å². The highest BCUT2D eigenvalue weighted by molar-refractivity contribution is 6.05. The zero-order valence-corrected chi connectivity index (χ0v) is 25.6. The zero-order chi connectivity index (χ0) is 29.2. The number of methoxy groups -OCH3 is 1. The highest BCUT2D eigenvalue weighted by Gasteiger charge is 2.38. The van der Waals surface area contributed by atoms with Gasteiger partial charge in [0.05, 0.1) is 16.9 Å². The number of ether oxygens (including phenoxy) is 1. The van der Waals surface area contributed by atoms with Gasteiger partial charge in [-0.2, -0.15) is 0 Å². The van der Waals surface area contributed by atoms with E-state index in [9.17, 15) is 4.79 Å². The van der Waals surface area contributed by atoms with Gasteiger partial charge in [-0.15, -0.1) is 0 Å². The number of rotatable bonds is 10. The molecule has 3 unspecified atom stereocenters. The molecule has 0 aromatic heterocycles. The van der Waals surface area contributed by atoms with Crippen LogP contribution in [0, 0.1) is 35.4 Å². The summed E-state index contributed by atoms with van der Waals surface area (Å²) in [7, 11) is 1.72. The van der Waals surface area contributed by atoms with Gasteiger partial charge in [0.2, 0.25) is 0 Å². The molecule has 0 bridgehead atoms. The van der Waals surface area contributed by atoms with E-state index in [1.807, 2.05) is 6.20 Å². The van der Waals surface area contributed by atoms with Gasteiger partial charge < -0.3 is 10.1 Å². The Morgan fingerprint density at radius 3 is 2.74 bits per heavy atom. The second-order valence-electron chi connectivity index (χ2n) is 13.4. The fourth-order valence-corrected chi connectivity index (χ4v) is 8.11. The van der Waals surface area contributed by atoms with Crippen LogP contribution in [0.15, 0.2) is 41.5 Å². The fourth-order valence-electron chi connectivity index (χ4n) is 8.11. The standard InChI is InChI=1S/C37H47FN2O2/c1-4-25-14-15-39-36-34(25)31(21-32(38)35(36)37(41)29-17-24(18-29)9-8-16-42-3)27-12-13-28-19-30(22-40-33(28)20-27)23(2)26-10-6-5-7-11-26/h12-15,20-26,29-30,39H,4-11,16-19H2,1-3H3. The molecule has 0 spiro atoms. The van der Waals surface area contributed by atoms with Gasteiger partial charge in [-0.3, -0.25) is 9.79 Å². The van der Waals surface area contributed by atoms with Crippen molar-refractivity contribution >= 4 is 23.4 Å². The molecule has 4 nitrogen and oxygen atoms in total. The number of Topliss-reactive ketones (excluding diaryl/α,β-unsaturated/α-hetero) is 1. The number of carbonyl (C=O) groups is 1. The number of benzene rings is 2. The lowest BCUT2D eigenvalue weighted by atomic mass is 9.69. The first kappa shape index (κ1) is 29.3. The van der Waals surface area contributed by atoms with E-state index >= 15 is 4.39 Å². The first-order valence-electron chi connectivity index (χ1n) is 16.5. The largest absolute Gasteiger partial charge is 0.385 e. The van der Waals surface area contributed by atoms with Crippen molar-refractivity contribution in [3.8, 4) is 11.1 Å². The van der Waals surface area contributed by atoms with E-state index in [-0.39, 0.29) is 23.2 Å². The molecule has 3 atom stereocenters. The molecule has 0 radical (unpaired) electrons. The van der Waals surface area contributed by atoms with Crippen LogP contribution < -0.4 is 5.32 Å². The van der Waals surface area contributed by atoms with Gasteiger partial charge in [0.15, 0.2) is 5.78 Å². The summed E-state index contributed by atoms with van der Waals surface area (Å²) in [6.07, 6.45) is 18.7. The van der Waals surface area contributed by atoms with Crippen molar-refractivity contribution < 1.29 is 13.9 Å². The van der Waals surface area contributed by atoms with Crippen molar-refractivity contribution in [1.29, 1.82) is 0 Å². The highest BCUT2D eigenvalue weighted by atomic mass is 19.1. The number of fused-ring (bicyclic) bond motifs is 2. The van der Waals surface area contributed by atoms with E-state index in [1.165, 1.54) is 37.7 Å². The Labute approximate surface area is 251 Å². The summed E-state index contributed by atoms with van der Waals surface area (Å²) in [6, 6.07) is 8.09. The van der Waals surface area contributed by atoms with Crippen molar-refractivity contribution in [1.82, 2.24) is 0 Å². The van der Waals surface area contributed by atoms with Gasteiger partial charge in [0.25, 0.3) is 0 Å². The van der Waals surface area contributed by atoms with Crippen molar-refractivity contribution in [2.24, 2.45) is 34.6 Å². The van der Waals surface area contributed by atoms with Gasteiger partial charge in [-0.1, -0.05) is 64.2 Å². The summed E-state index contributed by atoms with van der Waals surface area (Å²) in [4.78, 5) is 18.6. The minimum absolute atomic E-state index is 0.0517. The minimum Gasteiger partial charge on any atom is -0.385 e. The normalized spacial score (nSPS) is 25.7. The van der Waals surface area contributed by atoms with Crippen LogP contribution in [0.4, 0.5) is 15.8 Å². The number of nitrogens with zero attached hydrogens (tertiary/aromatic N) is 1. The van der Waals surface area contributed by atoms with Crippen LogP contribution in [0.2, 0.25) is 0 Å². The van der Waals surface area contributed by atoms with Crippen LogP contribution in [0.3, 0.4) is 0 Å². The number of hydrogen-bond donors (Lipinski definition) is 1. The predicted molar refractivity (Wildman–Crippen MR) is 170 cm³/mol. The van der Waals surface area contributed by atoms with E-state index in [0.29, 0.717) is 23.4 Å². The molecule has 0 saturated heterocycles. The summed E-state index contributed by atoms with van der Waals surface area (Å²) in [5.41, 5.74) is 6.05. The Kier molecular flexibility index (Phi) is 8.95. The quantitative estimate of drug-likeness (QED) is 0.229. The number of ketones is 1. The summed E-state index contributed by atoms with van der Waals surface area (Å²) in [5.74, 6) is 2.01. The van der Waals surface area contributed by atoms with E-state index in [4.69, 9.17) is 9.73 Å². The Bertz CT molecular complexity index is 1350. The number of carbonyl (C=O) groups excluding carboxylic acids is 1. The molecule has 2 aliphatic carbocycles. The zero-order valence-electron chi connectivity index (χ0n) is 25.6. The highest BCUT2D eigenvalue weighted by Crippen LogP contribution is 2.47. The first-order valence-corrected chi connectivity index (χ1v) is 16.5. The molecule has 224 valence electrons. The molecule has 42 heavy (non-hydrogen) atoms. The second-order valence-corrected chi connectivity index (χ2v) is 13.4. The molecule has 2 heterocycles. The van der Waals surface area contributed by atoms with Crippen LogP contribution in [-0.2, 0) is 11.2 Å². The minimum atomic E-state index is -0.420. The molecule has 1 N–H and O–H groups in total. The van der Waals surface area contributed by atoms with Gasteiger partial charge in [0.1, 0.15) is 5.82 Å². The molecular weight excluding hydrogens is 523 g/mol. The Morgan fingerprint density at radius 2 is 1.98 bits per heavy atom. The Morgan fingerprint density at radius 1 is 1.17 bits per heavy atom. The maximum Gasteiger partial charge on any atom is 0.171 e. The molecule has 2 saturated carbocycles. The van der Waals surface area contributed by atoms with Gasteiger partial charge in [-0.25, -0.2) is 4.39 Å². The van der Waals surface area contributed by atoms with Crippen molar-refractivity contribution in [3.05, 3.63) is 59.0 Å². The maximum absolute atomic E-state index is 16.0. The smallest absolute Gasteiger partial charge is 0.171 e. The summed E-state index contributed by atoms with van der Waals surface area (Å²) < 4.78 is 21.2. The summed E-state index contributed by atoms with van der Waals surface area (Å²) >= 11 is 0. The number of nitrogens with one attached hydrogen (secondary N) is 1.